The van der Waals surface area contributed by atoms with E-state index in [2.05, 4.69) is 24.0 Å². The van der Waals surface area contributed by atoms with E-state index in [9.17, 15) is 9.59 Å². The lowest BCUT2D eigenvalue weighted by atomic mass is 10.2. The Balaban J connectivity index is 2.08. The Kier molecular flexibility index (Phi) is 5.63. The Bertz CT molecular complexity index is 1000. The van der Waals surface area contributed by atoms with Crippen molar-refractivity contribution in [3.05, 3.63) is 64.5 Å². The molecular formula is C20H20N2O3S. The number of ether oxygens (including phenoxy) is 1. The summed E-state index contributed by atoms with van der Waals surface area (Å²) in [5.41, 5.74) is 2.73. The van der Waals surface area contributed by atoms with Crippen LogP contribution in [0.2, 0.25) is 0 Å². The molecule has 1 amide bonds. The number of amides is 1. The summed E-state index contributed by atoms with van der Waals surface area (Å²) < 4.78 is 7.70. The molecule has 0 fully saturated rings. The lowest BCUT2D eigenvalue weighted by molar-refractivity contribution is -0.140. The molecule has 0 unspecified atom stereocenters. The largest absolute Gasteiger partial charge is 0.469 e. The van der Waals surface area contributed by atoms with E-state index >= 15 is 0 Å². The number of nitrogens with zero attached hydrogens (tertiary/aromatic N) is 2. The highest BCUT2D eigenvalue weighted by Crippen LogP contribution is 2.20. The van der Waals surface area contributed by atoms with E-state index in [1.165, 1.54) is 24.0 Å². The molecule has 3 rings (SSSR count). The van der Waals surface area contributed by atoms with Gasteiger partial charge in [0.05, 0.1) is 23.7 Å². The summed E-state index contributed by atoms with van der Waals surface area (Å²) >= 11 is 1.46. The fraction of sp³-hybridized carbons (Fsp3) is 0.250. The molecule has 0 spiro atoms. The van der Waals surface area contributed by atoms with Crippen LogP contribution in [-0.2, 0) is 22.5 Å². The van der Waals surface area contributed by atoms with Crippen LogP contribution in [0.15, 0.2) is 53.5 Å². The van der Waals surface area contributed by atoms with Crippen molar-refractivity contribution < 1.29 is 14.3 Å². The SMILES string of the molecule is CCc1ccc2c(c1)sc(=NC(=O)c1ccccc1)n2CCC(=O)OC. The number of esters is 1. The van der Waals surface area contributed by atoms with Gasteiger partial charge >= 0.3 is 5.97 Å². The predicted molar refractivity (Wildman–Crippen MR) is 102 cm³/mol. The van der Waals surface area contributed by atoms with Gasteiger partial charge in [0.25, 0.3) is 5.91 Å². The Morgan fingerprint density at radius 1 is 1.15 bits per heavy atom. The van der Waals surface area contributed by atoms with Crippen LogP contribution < -0.4 is 4.80 Å². The minimum Gasteiger partial charge on any atom is -0.469 e. The molecule has 0 atom stereocenters. The van der Waals surface area contributed by atoms with E-state index in [0.29, 0.717) is 16.9 Å². The zero-order valence-corrected chi connectivity index (χ0v) is 15.6. The summed E-state index contributed by atoms with van der Waals surface area (Å²) in [4.78, 5) is 29.0. The Hall–Kier alpha value is -2.73. The fourth-order valence-electron chi connectivity index (χ4n) is 2.68. The highest BCUT2D eigenvalue weighted by Gasteiger charge is 2.11. The van der Waals surface area contributed by atoms with Crippen molar-refractivity contribution in [2.75, 3.05) is 7.11 Å². The zero-order chi connectivity index (χ0) is 18.5. The molecule has 26 heavy (non-hydrogen) atoms. The van der Waals surface area contributed by atoms with E-state index < -0.39 is 0 Å². The summed E-state index contributed by atoms with van der Waals surface area (Å²) in [5.74, 6) is -0.581. The smallest absolute Gasteiger partial charge is 0.307 e. The van der Waals surface area contributed by atoms with Crippen molar-refractivity contribution in [3.8, 4) is 0 Å². The van der Waals surface area contributed by atoms with Crippen molar-refractivity contribution in [2.24, 2.45) is 4.99 Å². The summed E-state index contributed by atoms with van der Waals surface area (Å²) in [7, 11) is 1.37. The highest BCUT2D eigenvalue weighted by molar-refractivity contribution is 7.16. The van der Waals surface area contributed by atoms with Gasteiger partial charge in [0.15, 0.2) is 4.80 Å². The van der Waals surface area contributed by atoms with Crippen LogP contribution >= 0.6 is 11.3 Å². The van der Waals surface area contributed by atoms with Crippen LogP contribution in [0.3, 0.4) is 0 Å². The molecule has 0 aliphatic carbocycles. The average molecular weight is 368 g/mol. The molecule has 0 aliphatic rings. The number of rotatable bonds is 5. The fourth-order valence-corrected chi connectivity index (χ4v) is 3.79. The molecule has 5 nitrogen and oxygen atoms in total. The first kappa shape index (κ1) is 18.1. The van der Waals surface area contributed by atoms with Gasteiger partial charge in [-0.3, -0.25) is 9.59 Å². The third-order valence-electron chi connectivity index (χ3n) is 4.14. The van der Waals surface area contributed by atoms with Crippen molar-refractivity contribution in [2.45, 2.75) is 26.3 Å². The summed E-state index contributed by atoms with van der Waals surface area (Å²) in [6.07, 6.45) is 1.16. The van der Waals surface area contributed by atoms with Crippen molar-refractivity contribution >= 4 is 33.4 Å². The molecule has 6 heteroatoms. The van der Waals surface area contributed by atoms with Gasteiger partial charge in [-0.1, -0.05) is 42.5 Å². The van der Waals surface area contributed by atoms with Crippen molar-refractivity contribution in [1.29, 1.82) is 0 Å². The van der Waals surface area contributed by atoms with E-state index in [0.717, 1.165) is 16.6 Å². The van der Waals surface area contributed by atoms with Crippen LogP contribution in [-0.4, -0.2) is 23.6 Å². The number of carbonyl (C=O) groups is 2. The van der Waals surface area contributed by atoms with Gasteiger partial charge < -0.3 is 9.30 Å². The number of benzene rings is 2. The molecule has 0 saturated carbocycles. The van der Waals surface area contributed by atoms with Gasteiger partial charge in [-0.25, -0.2) is 0 Å². The first-order valence-electron chi connectivity index (χ1n) is 8.45. The number of aryl methyl sites for hydroxylation is 2. The standard InChI is InChI=1S/C20H20N2O3S/c1-3-14-9-10-16-17(13-14)26-20(22(16)12-11-18(23)25-2)21-19(24)15-7-5-4-6-8-15/h4-10,13H,3,11-12H2,1-2H3. The van der Waals surface area contributed by atoms with E-state index in [4.69, 9.17) is 4.74 Å². The molecule has 2 aromatic carbocycles. The normalized spacial score (nSPS) is 11.7. The van der Waals surface area contributed by atoms with Gasteiger partial charge in [0, 0.05) is 12.1 Å². The number of thiazole rings is 1. The second-order valence-corrected chi connectivity index (χ2v) is 6.81. The Morgan fingerprint density at radius 3 is 2.62 bits per heavy atom. The number of hydrogen-bond acceptors (Lipinski definition) is 4. The molecule has 0 aliphatic heterocycles. The molecule has 0 N–H and O–H groups in total. The van der Waals surface area contributed by atoms with Crippen molar-refractivity contribution in [3.63, 3.8) is 0 Å². The molecule has 1 aromatic heterocycles. The molecular weight excluding hydrogens is 348 g/mol. The summed E-state index contributed by atoms with van der Waals surface area (Å²) in [6, 6.07) is 15.2. The van der Waals surface area contributed by atoms with Crippen LogP contribution in [0.1, 0.15) is 29.3 Å². The maximum absolute atomic E-state index is 12.5. The monoisotopic (exact) mass is 368 g/mol. The number of methoxy groups -OCH3 is 1. The Labute approximate surface area is 155 Å². The Morgan fingerprint density at radius 2 is 1.92 bits per heavy atom. The lowest BCUT2D eigenvalue weighted by Crippen LogP contribution is -2.19. The van der Waals surface area contributed by atoms with Crippen LogP contribution in [0, 0.1) is 0 Å². The third-order valence-corrected chi connectivity index (χ3v) is 5.18. The second kappa shape index (κ2) is 8.10. The minimum absolute atomic E-state index is 0.227. The lowest BCUT2D eigenvalue weighted by Gasteiger charge is -2.05. The van der Waals surface area contributed by atoms with Gasteiger partial charge in [-0.2, -0.15) is 4.99 Å². The molecule has 0 saturated heterocycles. The first-order chi connectivity index (χ1) is 12.6. The first-order valence-corrected chi connectivity index (χ1v) is 9.27. The van der Waals surface area contributed by atoms with Gasteiger partial charge in [-0.05, 0) is 36.2 Å². The van der Waals surface area contributed by atoms with Gasteiger partial charge in [0.1, 0.15) is 0 Å². The quantitative estimate of drug-likeness (QED) is 0.647. The van der Waals surface area contributed by atoms with Gasteiger partial charge in [0.2, 0.25) is 0 Å². The van der Waals surface area contributed by atoms with E-state index in [-0.39, 0.29) is 18.3 Å². The highest BCUT2D eigenvalue weighted by atomic mass is 32.1. The molecule has 0 radical (unpaired) electrons. The van der Waals surface area contributed by atoms with Crippen LogP contribution in [0.4, 0.5) is 0 Å². The summed E-state index contributed by atoms with van der Waals surface area (Å²) in [5, 5.41) is 0. The third kappa shape index (κ3) is 3.91. The van der Waals surface area contributed by atoms with Crippen molar-refractivity contribution in [1.82, 2.24) is 4.57 Å². The molecule has 3 aromatic rings. The number of fused-ring (bicyclic) bond motifs is 1. The second-order valence-electron chi connectivity index (χ2n) is 5.80. The number of aromatic nitrogens is 1. The average Bonchev–Trinajstić information content (AvgIpc) is 3.02. The molecule has 0 bridgehead atoms. The number of carbonyl (C=O) groups excluding carboxylic acids is 2. The van der Waals surface area contributed by atoms with E-state index in [1.807, 2.05) is 28.8 Å². The van der Waals surface area contributed by atoms with Crippen LogP contribution in [0.5, 0.6) is 0 Å². The van der Waals surface area contributed by atoms with Gasteiger partial charge in [-0.15, -0.1) is 0 Å². The van der Waals surface area contributed by atoms with Crippen LogP contribution in [0.25, 0.3) is 10.2 Å². The van der Waals surface area contributed by atoms with E-state index in [1.54, 1.807) is 12.1 Å². The maximum atomic E-state index is 12.5. The number of hydrogen-bond donors (Lipinski definition) is 0. The summed E-state index contributed by atoms with van der Waals surface area (Å²) in [6.45, 7) is 2.52. The predicted octanol–water partition coefficient (Wildman–Crippen LogP) is 3.57. The molecule has 134 valence electrons. The zero-order valence-electron chi connectivity index (χ0n) is 14.8. The molecule has 1 heterocycles. The minimum atomic E-state index is -0.292. The maximum Gasteiger partial charge on any atom is 0.307 e. The topological polar surface area (TPSA) is 60.7 Å².